The van der Waals surface area contributed by atoms with Crippen LogP contribution in [0.2, 0.25) is 0 Å². The molecule has 0 unspecified atom stereocenters. The number of halogens is 3. The van der Waals surface area contributed by atoms with Crippen molar-refractivity contribution in [1.29, 1.82) is 0 Å². The molecule has 2 amide bonds. The molecule has 0 bridgehead atoms. The number of thiophene rings is 1. The molecule has 0 radical (unpaired) electrons. The molecule has 6 nitrogen and oxygen atoms in total. The summed E-state index contributed by atoms with van der Waals surface area (Å²) in [5.74, 6) is -0.204. The first-order chi connectivity index (χ1) is 18.8. The van der Waals surface area contributed by atoms with Crippen LogP contribution in [0.3, 0.4) is 0 Å². The van der Waals surface area contributed by atoms with E-state index < -0.39 is 23.2 Å². The summed E-state index contributed by atoms with van der Waals surface area (Å²) in [7, 11) is 0. The second kappa shape index (κ2) is 10.3. The molecule has 40 heavy (non-hydrogen) atoms. The maximum atomic E-state index is 14.4. The highest BCUT2D eigenvalue weighted by atomic mass is 32.1. The zero-order chi connectivity index (χ0) is 28.9. The number of likely N-dealkylation sites (tertiary alicyclic amines) is 1. The van der Waals surface area contributed by atoms with Crippen LogP contribution in [0.25, 0.3) is 0 Å². The molecular formula is C30H35F3N4O2S. The van der Waals surface area contributed by atoms with Gasteiger partial charge in [-0.05, 0) is 74.2 Å². The van der Waals surface area contributed by atoms with Gasteiger partial charge in [-0.1, -0.05) is 32.9 Å². The number of nitrogens with zero attached hydrogens (tertiary/aromatic N) is 2. The molecule has 1 spiro atoms. The van der Waals surface area contributed by atoms with Crippen LogP contribution in [0.4, 0.5) is 40.7 Å². The first kappa shape index (κ1) is 28.3. The van der Waals surface area contributed by atoms with Gasteiger partial charge in [-0.2, -0.15) is 13.2 Å². The maximum absolute atomic E-state index is 14.4. The van der Waals surface area contributed by atoms with Gasteiger partial charge >= 0.3 is 12.2 Å². The van der Waals surface area contributed by atoms with E-state index in [4.69, 9.17) is 0 Å². The van der Waals surface area contributed by atoms with Gasteiger partial charge < -0.3 is 25.5 Å². The highest BCUT2D eigenvalue weighted by molar-refractivity contribution is 7.10. The fourth-order valence-corrected chi connectivity index (χ4v) is 6.75. The number of phenols is 1. The maximum Gasteiger partial charge on any atom is 0.416 e. The van der Waals surface area contributed by atoms with E-state index in [9.17, 15) is 23.1 Å². The van der Waals surface area contributed by atoms with Crippen LogP contribution in [0, 0.1) is 12.3 Å². The van der Waals surface area contributed by atoms with Crippen molar-refractivity contribution in [2.24, 2.45) is 5.41 Å². The number of carbonyl (C=O) groups excluding carboxylic acids is 1. The fourth-order valence-electron chi connectivity index (χ4n) is 6.12. The number of para-hydroxylation sites is 2. The number of benzene rings is 2. The van der Waals surface area contributed by atoms with Gasteiger partial charge in [-0.25, -0.2) is 4.79 Å². The minimum atomic E-state index is -4.57. The number of urea groups is 1. The van der Waals surface area contributed by atoms with Crippen LogP contribution < -0.4 is 15.5 Å². The van der Waals surface area contributed by atoms with Gasteiger partial charge in [0.2, 0.25) is 0 Å². The Morgan fingerprint density at radius 1 is 1.07 bits per heavy atom. The van der Waals surface area contributed by atoms with E-state index in [0.717, 1.165) is 23.6 Å². The number of alkyl halides is 3. The highest BCUT2D eigenvalue weighted by Gasteiger charge is 2.52. The Morgan fingerprint density at radius 3 is 2.40 bits per heavy atom. The first-order valence-electron chi connectivity index (χ1n) is 13.4. The van der Waals surface area contributed by atoms with Crippen LogP contribution in [0.1, 0.15) is 49.6 Å². The lowest BCUT2D eigenvalue weighted by molar-refractivity contribution is -0.138. The van der Waals surface area contributed by atoms with Gasteiger partial charge in [0.25, 0.3) is 0 Å². The molecule has 1 saturated heterocycles. The Hall–Kier alpha value is -3.24. The van der Waals surface area contributed by atoms with E-state index in [0.29, 0.717) is 43.0 Å². The molecule has 2 aromatic carbocycles. The van der Waals surface area contributed by atoms with Crippen molar-refractivity contribution < 1.29 is 23.1 Å². The summed E-state index contributed by atoms with van der Waals surface area (Å²) in [6.07, 6.45) is -3.50. The van der Waals surface area contributed by atoms with Crippen molar-refractivity contribution in [2.45, 2.75) is 52.1 Å². The van der Waals surface area contributed by atoms with E-state index >= 15 is 0 Å². The summed E-state index contributed by atoms with van der Waals surface area (Å²) in [5.41, 5.74) is 0.538. The standard InChI is InChI=1S/C30H35F3N4O2S/c1-19-15-20(16-40-19)34-27(39)35-22-7-5-6-8-23(22)37-18-29(11-13-36(14-12-29)17-28(2,3)4)25-21(30(31,32)33)9-10-24(38)26(25)37/h5-10,15-16,38H,11-14,17-18H2,1-4H3,(H2,34,35,39). The van der Waals surface area contributed by atoms with Gasteiger partial charge in [-0.15, -0.1) is 11.3 Å². The minimum absolute atomic E-state index is 0.0758. The molecule has 3 heterocycles. The highest BCUT2D eigenvalue weighted by Crippen LogP contribution is 2.57. The van der Waals surface area contributed by atoms with Gasteiger partial charge in [0, 0.05) is 28.8 Å². The van der Waals surface area contributed by atoms with Gasteiger partial charge in [-0.3, -0.25) is 0 Å². The van der Waals surface area contributed by atoms with E-state index in [2.05, 4.69) is 36.3 Å². The Bertz CT molecular complexity index is 1400. The smallest absolute Gasteiger partial charge is 0.416 e. The number of aryl methyl sites for hydroxylation is 1. The number of nitrogens with one attached hydrogen (secondary N) is 2. The lowest BCUT2D eigenvalue weighted by atomic mass is 9.72. The topological polar surface area (TPSA) is 67.8 Å². The molecule has 3 N–H and O–H groups in total. The number of piperidine rings is 1. The summed E-state index contributed by atoms with van der Waals surface area (Å²) in [6.45, 7) is 10.9. The van der Waals surface area contributed by atoms with Crippen molar-refractivity contribution in [3.63, 3.8) is 0 Å². The molecule has 3 aromatic rings. The normalized spacial score (nSPS) is 17.2. The zero-order valence-corrected chi connectivity index (χ0v) is 24.0. The second-order valence-electron chi connectivity index (χ2n) is 12.1. The summed E-state index contributed by atoms with van der Waals surface area (Å²) >= 11 is 1.51. The molecule has 5 rings (SSSR count). The molecule has 2 aliphatic heterocycles. The monoisotopic (exact) mass is 572 g/mol. The Balaban J connectivity index is 1.52. The molecular weight excluding hydrogens is 537 g/mol. The quantitative estimate of drug-likeness (QED) is 0.297. The van der Waals surface area contributed by atoms with Crippen molar-refractivity contribution in [1.82, 2.24) is 4.90 Å². The predicted octanol–water partition coefficient (Wildman–Crippen LogP) is 7.96. The SMILES string of the molecule is Cc1cc(NC(=O)Nc2ccccc2N2CC3(CCN(CC(C)(C)C)CC3)c3c(C(F)(F)F)ccc(O)c32)cs1. The Morgan fingerprint density at radius 2 is 1.77 bits per heavy atom. The number of fused-ring (bicyclic) bond motifs is 2. The predicted molar refractivity (Wildman–Crippen MR) is 155 cm³/mol. The molecule has 1 fully saturated rings. The summed E-state index contributed by atoms with van der Waals surface area (Å²) in [6, 6.07) is 10.6. The molecule has 0 atom stereocenters. The van der Waals surface area contributed by atoms with Gasteiger partial charge in [0.15, 0.2) is 0 Å². The van der Waals surface area contributed by atoms with Crippen LogP contribution >= 0.6 is 11.3 Å². The molecule has 0 saturated carbocycles. The summed E-state index contributed by atoms with van der Waals surface area (Å²) in [4.78, 5) is 18.0. The second-order valence-corrected chi connectivity index (χ2v) is 13.2. The average Bonchev–Trinajstić information content (AvgIpc) is 3.41. The summed E-state index contributed by atoms with van der Waals surface area (Å²) < 4.78 is 43.3. The third-order valence-corrected chi connectivity index (χ3v) is 8.53. The largest absolute Gasteiger partial charge is 0.506 e. The Labute approximate surface area is 236 Å². The van der Waals surface area contributed by atoms with Crippen molar-refractivity contribution in [3.8, 4) is 5.75 Å². The number of carbonyl (C=O) groups is 1. The zero-order valence-electron chi connectivity index (χ0n) is 23.2. The van der Waals surface area contributed by atoms with Crippen LogP contribution in [0.5, 0.6) is 5.75 Å². The number of anilines is 4. The van der Waals surface area contributed by atoms with E-state index in [1.54, 1.807) is 29.2 Å². The van der Waals surface area contributed by atoms with Crippen molar-refractivity contribution >= 4 is 40.1 Å². The third kappa shape index (κ3) is 5.65. The van der Waals surface area contributed by atoms with E-state index in [-0.39, 0.29) is 29.0 Å². The molecule has 2 aliphatic rings. The van der Waals surface area contributed by atoms with Crippen LogP contribution in [-0.4, -0.2) is 42.2 Å². The van der Waals surface area contributed by atoms with E-state index in [1.807, 2.05) is 18.4 Å². The number of phenolic OH excluding ortho intramolecular Hbond substituents is 1. The molecule has 0 aliphatic carbocycles. The molecule has 214 valence electrons. The van der Waals surface area contributed by atoms with Crippen LogP contribution in [-0.2, 0) is 11.6 Å². The van der Waals surface area contributed by atoms with E-state index in [1.165, 1.54) is 11.3 Å². The fraction of sp³-hybridized carbons (Fsp3) is 0.433. The molecule has 10 heteroatoms. The number of aromatic hydroxyl groups is 1. The number of amides is 2. The summed E-state index contributed by atoms with van der Waals surface area (Å²) in [5, 5.41) is 18.5. The lowest BCUT2D eigenvalue weighted by Gasteiger charge is -2.42. The van der Waals surface area contributed by atoms with Crippen molar-refractivity contribution in [3.05, 3.63) is 63.8 Å². The number of hydrogen-bond donors (Lipinski definition) is 3. The van der Waals surface area contributed by atoms with Gasteiger partial charge in [0.1, 0.15) is 5.75 Å². The average molecular weight is 573 g/mol. The van der Waals surface area contributed by atoms with Crippen molar-refractivity contribution in [2.75, 3.05) is 41.7 Å². The number of hydrogen-bond acceptors (Lipinski definition) is 5. The van der Waals surface area contributed by atoms with Crippen LogP contribution in [0.15, 0.2) is 47.8 Å². The number of rotatable bonds is 4. The minimum Gasteiger partial charge on any atom is -0.506 e. The molecule has 1 aromatic heterocycles. The first-order valence-corrected chi connectivity index (χ1v) is 14.3. The third-order valence-electron chi connectivity index (χ3n) is 7.67. The lowest BCUT2D eigenvalue weighted by Crippen LogP contribution is -2.47. The Kier molecular flexibility index (Phi) is 7.29. The van der Waals surface area contributed by atoms with Gasteiger partial charge in [0.05, 0.1) is 28.3 Å².